The van der Waals surface area contributed by atoms with Crippen molar-refractivity contribution in [1.82, 2.24) is 19.4 Å². The summed E-state index contributed by atoms with van der Waals surface area (Å²) in [5.41, 5.74) is 0.829. The lowest BCUT2D eigenvalue weighted by molar-refractivity contribution is 0.0706. The monoisotopic (exact) mass is 324 g/mol. The van der Waals surface area contributed by atoms with E-state index in [1.54, 1.807) is 0 Å². The van der Waals surface area contributed by atoms with Crippen LogP contribution in [0.25, 0.3) is 0 Å². The normalized spacial score (nSPS) is 23.7. The Morgan fingerprint density at radius 1 is 1.32 bits per heavy atom. The van der Waals surface area contributed by atoms with Gasteiger partial charge in [-0.05, 0) is 43.8 Å². The molecule has 2 aliphatic heterocycles. The number of nitrogens with zero attached hydrogens (tertiary/aromatic N) is 4. The first-order valence-electron chi connectivity index (χ1n) is 8.22. The van der Waals surface area contributed by atoms with Gasteiger partial charge in [-0.25, -0.2) is 0 Å². The predicted octanol–water partition coefficient (Wildman–Crippen LogP) is 1.43. The van der Waals surface area contributed by atoms with Gasteiger partial charge in [0.05, 0.1) is 11.8 Å². The molecule has 0 saturated carbocycles. The van der Waals surface area contributed by atoms with Crippen molar-refractivity contribution in [2.45, 2.75) is 38.7 Å². The van der Waals surface area contributed by atoms with Crippen LogP contribution >= 0.6 is 11.5 Å². The topological polar surface area (TPSA) is 58.6 Å². The van der Waals surface area contributed by atoms with Gasteiger partial charge in [0.2, 0.25) is 0 Å². The molecule has 7 heteroatoms. The predicted molar refractivity (Wildman–Crippen MR) is 85.2 cm³/mol. The number of aryl methyl sites for hydroxylation is 1. The van der Waals surface area contributed by atoms with Crippen molar-refractivity contribution >= 4 is 17.4 Å². The first-order chi connectivity index (χ1) is 10.8. The van der Waals surface area contributed by atoms with Crippen molar-refractivity contribution in [1.29, 1.82) is 0 Å². The van der Waals surface area contributed by atoms with Crippen molar-refractivity contribution < 1.29 is 9.53 Å². The quantitative estimate of drug-likeness (QED) is 0.838. The molecule has 1 aromatic heterocycles. The van der Waals surface area contributed by atoms with Gasteiger partial charge in [0.25, 0.3) is 5.91 Å². The van der Waals surface area contributed by atoms with E-state index in [0.29, 0.717) is 6.10 Å². The van der Waals surface area contributed by atoms with Gasteiger partial charge in [0.15, 0.2) is 0 Å². The standard InChI is InChI=1S/C15H24N4O2S/c1-2-13-14(22-17-16-13)15(20)19-7-4-6-18(8-9-19)11-12-5-3-10-21-12/h12H,2-11H2,1H3/t12-/m0/s1. The summed E-state index contributed by atoms with van der Waals surface area (Å²) < 4.78 is 9.66. The van der Waals surface area contributed by atoms with Crippen LogP contribution < -0.4 is 0 Å². The minimum atomic E-state index is 0.103. The SMILES string of the molecule is CCc1nnsc1C(=O)N1CCCN(C[C@@H]2CCCO2)CC1. The van der Waals surface area contributed by atoms with Crippen molar-refractivity contribution in [3.63, 3.8) is 0 Å². The summed E-state index contributed by atoms with van der Waals surface area (Å²) in [6, 6.07) is 0. The van der Waals surface area contributed by atoms with Gasteiger partial charge in [0, 0.05) is 32.8 Å². The zero-order valence-corrected chi connectivity index (χ0v) is 14.0. The van der Waals surface area contributed by atoms with Crippen molar-refractivity contribution in [3.8, 4) is 0 Å². The Morgan fingerprint density at radius 2 is 2.23 bits per heavy atom. The Morgan fingerprint density at radius 3 is 3.00 bits per heavy atom. The molecule has 122 valence electrons. The molecular weight excluding hydrogens is 300 g/mol. The van der Waals surface area contributed by atoms with Crippen LogP contribution in [-0.2, 0) is 11.2 Å². The van der Waals surface area contributed by atoms with Crippen molar-refractivity contribution in [2.24, 2.45) is 0 Å². The van der Waals surface area contributed by atoms with Crippen LogP contribution in [0.2, 0.25) is 0 Å². The summed E-state index contributed by atoms with van der Waals surface area (Å²) in [5, 5.41) is 4.05. The molecule has 1 amide bonds. The number of rotatable bonds is 4. The second kappa shape index (κ2) is 7.48. The minimum absolute atomic E-state index is 0.103. The molecule has 0 radical (unpaired) electrons. The lowest BCUT2D eigenvalue weighted by atomic mass is 10.2. The molecule has 3 rings (SSSR count). The van der Waals surface area contributed by atoms with Crippen LogP contribution in [0.4, 0.5) is 0 Å². The summed E-state index contributed by atoms with van der Waals surface area (Å²) in [6.45, 7) is 7.50. The molecule has 22 heavy (non-hydrogen) atoms. The Labute approximate surface area is 135 Å². The highest BCUT2D eigenvalue weighted by Crippen LogP contribution is 2.17. The lowest BCUT2D eigenvalue weighted by Gasteiger charge is -2.23. The van der Waals surface area contributed by atoms with Gasteiger partial charge in [-0.1, -0.05) is 11.4 Å². The Kier molecular flexibility index (Phi) is 5.38. The molecule has 0 spiro atoms. The van der Waals surface area contributed by atoms with Crippen LogP contribution in [0.5, 0.6) is 0 Å². The molecule has 1 aromatic rings. The number of carbonyl (C=O) groups is 1. The molecule has 2 aliphatic rings. The molecular formula is C15H24N4O2S. The van der Waals surface area contributed by atoms with E-state index in [2.05, 4.69) is 14.5 Å². The molecule has 1 atom stereocenters. The average molecular weight is 324 g/mol. The zero-order valence-electron chi connectivity index (χ0n) is 13.2. The van der Waals surface area contributed by atoms with E-state index < -0.39 is 0 Å². The summed E-state index contributed by atoms with van der Waals surface area (Å²) >= 11 is 1.22. The van der Waals surface area contributed by atoms with E-state index in [4.69, 9.17) is 4.74 Å². The zero-order chi connectivity index (χ0) is 15.4. The van der Waals surface area contributed by atoms with Crippen molar-refractivity contribution in [2.75, 3.05) is 39.3 Å². The lowest BCUT2D eigenvalue weighted by Crippen LogP contribution is -2.37. The molecule has 0 bridgehead atoms. The molecule has 3 heterocycles. The number of carbonyl (C=O) groups excluding carboxylic acids is 1. The number of ether oxygens (including phenoxy) is 1. The largest absolute Gasteiger partial charge is 0.377 e. The fraction of sp³-hybridized carbons (Fsp3) is 0.800. The van der Waals surface area contributed by atoms with Crippen LogP contribution in [0.15, 0.2) is 0 Å². The third kappa shape index (κ3) is 3.64. The van der Waals surface area contributed by atoms with Gasteiger partial charge < -0.3 is 9.64 Å². The van der Waals surface area contributed by atoms with Gasteiger partial charge in [-0.15, -0.1) is 5.10 Å². The fourth-order valence-electron chi connectivity index (χ4n) is 3.18. The number of amides is 1. The first-order valence-corrected chi connectivity index (χ1v) is 8.99. The first kappa shape index (κ1) is 15.8. The molecule has 0 unspecified atom stereocenters. The van der Waals surface area contributed by atoms with Crippen molar-refractivity contribution in [3.05, 3.63) is 10.6 Å². The highest BCUT2D eigenvalue weighted by atomic mass is 32.1. The summed E-state index contributed by atoms with van der Waals surface area (Å²) in [4.78, 5) is 17.8. The van der Waals surface area contributed by atoms with Crippen LogP contribution in [0, 0.1) is 0 Å². The molecule has 2 saturated heterocycles. The number of hydrogen-bond acceptors (Lipinski definition) is 6. The van der Waals surface area contributed by atoms with E-state index in [1.165, 1.54) is 24.4 Å². The summed E-state index contributed by atoms with van der Waals surface area (Å²) in [5.74, 6) is 0.103. The smallest absolute Gasteiger partial charge is 0.267 e. The second-order valence-electron chi connectivity index (χ2n) is 5.98. The van der Waals surface area contributed by atoms with Gasteiger partial charge in [0.1, 0.15) is 4.88 Å². The van der Waals surface area contributed by atoms with E-state index >= 15 is 0 Å². The van der Waals surface area contributed by atoms with Gasteiger partial charge >= 0.3 is 0 Å². The Bertz CT molecular complexity index is 501. The average Bonchev–Trinajstić information content (AvgIpc) is 3.15. The summed E-state index contributed by atoms with van der Waals surface area (Å²) in [6.07, 6.45) is 4.52. The molecule has 6 nitrogen and oxygen atoms in total. The second-order valence-corrected chi connectivity index (χ2v) is 6.74. The van der Waals surface area contributed by atoms with E-state index in [0.717, 1.165) is 62.7 Å². The maximum Gasteiger partial charge on any atom is 0.267 e. The minimum Gasteiger partial charge on any atom is -0.377 e. The van der Waals surface area contributed by atoms with E-state index in [9.17, 15) is 4.79 Å². The summed E-state index contributed by atoms with van der Waals surface area (Å²) in [7, 11) is 0. The number of aromatic nitrogens is 2. The Balaban J connectivity index is 1.56. The third-order valence-electron chi connectivity index (χ3n) is 4.45. The van der Waals surface area contributed by atoms with E-state index in [-0.39, 0.29) is 5.91 Å². The molecule has 0 aliphatic carbocycles. The van der Waals surface area contributed by atoms with Crippen LogP contribution in [0.1, 0.15) is 41.6 Å². The third-order valence-corrected chi connectivity index (χ3v) is 5.20. The maximum atomic E-state index is 12.7. The number of hydrogen-bond donors (Lipinski definition) is 0. The highest BCUT2D eigenvalue weighted by molar-refractivity contribution is 7.08. The van der Waals surface area contributed by atoms with Crippen LogP contribution in [0.3, 0.4) is 0 Å². The molecule has 2 fully saturated rings. The fourth-order valence-corrected chi connectivity index (χ4v) is 3.90. The van der Waals surface area contributed by atoms with E-state index in [1.807, 2.05) is 11.8 Å². The molecule has 0 N–H and O–H groups in total. The van der Waals surface area contributed by atoms with Gasteiger partial charge in [-0.2, -0.15) is 0 Å². The van der Waals surface area contributed by atoms with Crippen LogP contribution in [-0.4, -0.2) is 70.7 Å². The Hall–Kier alpha value is -1.05. The van der Waals surface area contributed by atoms with Gasteiger partial charge in [-0.3, -0.25) is 9.69 Å². The maximum absolute atomic E-state index is 12.7. The molecule has 0 aromatic carbocycles. The highest BCUT2D eigenvalue weighted by Gasteiger charge is 2.26.